The maximum atomic E-state index is 10.6. The molecule has 0 saturated carbocycles. The van der Waals surface area contributed by atoms with Gasteiger partial charge in [0.05, 0.1) is 16.3 Å². The molecule has 0 bridgehead atoms. The lowest BCUT2D eigenvalue weighted by atomic mass is 10.3. The second-order valence-corrected chi connectivity index (χ2v) is 4.00. The topological polar surface area (TPSA) is 112 Å². The van der Waals surface area contributed by atoms with Crippen LogP contribution in [0.5, 0.6) is 0 Å². The zero-order valence-corrected chi connectivity index (χ0v) is 10.6. The Labute approximate surface area is 109 Å². The molecule has 2 aromatic heterocycles. The van der Waals surface area contributed by atoms with Crippen molar-refractivity contribution >= 4 is 23.0 Å². The molecule has 2 aromatic rings. The number of nitrogen functional groups attached to an aromatic ring is 1. The Morgan fingerprint density at radius 3 is 2.84 bits per heavy atom. The van der Waals surface area contributed by atoms with Gasteiger partial charge in [-0.2, -0.15) is 5.10 Å². The average molecular weight is 262 g/mol. The highest BCUT2D eigenvalue weighted by molar-refractivity contribution is 5.63. The van der Waals surface area contributed by atoms with Gasteiger partial charge in [0, 0.05) is 19.3 Å². The van der Waals surface area contributed by atoms with Gasteiger partial charge >= 0.3 is 5.69 Å². The number of nitrogens with two attached hydrogens (primary N) is 1. The van der Waals surface area contributed by atoms with Crippen LogP contribution in [0.25, 0.3) is 0 Å². The molecule has 0 aliphatic rings. The first kappa shape index (κ1) is 12.8. The molecule has 0 aliphatic carbocycles. The van der Waals surface area contributed by atoms with E-state index in [1.165, 1.54) is 12.1 Å². The fourth-order valence-corrected chi connectivity index (χ4v) is 1.73. The molecule has 0 radical (unpaired) electrons. The zero-order valence-electron chi connectivity index (χ0n) is 10.6. The van der Waals surface area contributed by atoms with Gasteiger partial charge in [0.15, 0.2) is 0 Å². The minimum Gasteiger partial charge on any atom is -0.378 e. The van der Waals surface area contributed by atoms with E-state index in [0.717, 1.165) is 17.8 Å². The lowest BCUT2D eigenvalue weighted by molar-refractivity contribution is -0.384. The minimum absolute atomic E-state index is 0.114. The highest BCUT2D eigenvalue weighted by atomic mass is 16.6. The molecule has 0 atom stereocenters. The Bertz CT molecular complexity index is 622. The van der Waals surface area contributed by atoms with Crippen LogP contribution in [0.15, 0.2) is 18.3 Å². The van der Waals surface area contributed by atoms with Crippen LogP contribution in [0.2, 0.25) is 0 Å². The number of nitrogens with zero attached hydrogens (tertiary/aromatic N) is 4. The fourth-order valence-electron chi connectivity index (χ4n) is 1.73. The summed E-state index contributed by atoms with van der Waals surface area (Å²) in [7, 11) is 1.82. The Morgan fingerprint density at radius 2 is 2.26 bits per heavy atom. The van der Waals surface area contributed by atoms with Crippen molar-refractivity contribution in [2.45, 2.75) is 13.3 Å². The number of anilines is 3. The van der Waals surface area contributed by atoms with Gasteiger partial charge in [0.1, 0.15) is 5.82 Å². The Balaban J connectivity index is 2.28. The number of aryl methyl sites for hydroxylation is 2. The maximum Gasteiger partial charge on any atom is 0.311 e. The molecule has 2 rings (SSSR count). The summed E-state index contributed by atoms with van der Waals surface area (Å²) in [5.74, 6) is 0.336. The van der Waals surface area contributed by atoms with Gasteiger partial charge in [-0.05, 0) is 12.5 Å². The first-order valence-electron chi connectivity index (χ1n) is 5.71. The number of hydrogen-bond acceptors (Lipinski definition) is 6. The summed E-state index contributed by atoms with van der Waals surface area (Å²) in [5.41, 5.74) is 7.04. The second kappa shape index (κ2) is 4.92. The smallest absolute Gasteiger partial charge is 0.311 e. The summed E-state index contributed by atoms with van der Waals surface area (Å²) >= 11 is 0. The maximum absolute atomic E-state index is 10.6. The molecule has 0 aromatic carbocycles. The zero-order chi connectivity index (χ0) is 14.0. The average Bonchev–Trinajstić information content (AvgIpc) is 2.69. The first-order chi connectivity index (χ1) is 9.01. The van der Waals surface area contributed by atoms with E-state index in [1.807, 2.05) is 20.2 Å². The second-order valence-electron chi connectivity index (χ2n) is 4.00. The summed E-state index contributed by atoms with van der Waals surface area (Å²) in [6.45, 7) is 1.99. The molecular formula is C11H14N6O2. The predicted octanol–water partition coefficient (Wildman–Crippen LogP) is 1.61. The van der Waals surface area contributed by atoms with Crippen molar-refractivity contribution in [3.8, 4) is 0 Å². The molecule has 0 spiro atoms. The highest BCUT2D eigenvalue weighted by Gasteiger charge is 2.14. The van der Waals surface area contributed by atoms with Crippen molar-refractivity contribution in [1.29, 1.82) is 0 Å². The van der Waals surface area contributed by atoms with E-state index in [2.05, 4.69) is 15.4 Å². The molecule has 0 fully saturated rings. The van der Waals surface area contributed by atoms with Crippen LogP contribution in [0, 0.1) is 10.1 Å². The number of nitrogens with one attached hydrogen (secondary N) is 1. The summed E-state index contributed by atoms with van der Waals surface area (Å²) in [5, 5.41) is 18.0. The largest absolute Gasteiger partial charge is 0.378 e. The molecule has 0 unspecified atom stereocenters. The van der Waals surface area contributed by atoms with Gasteiger partial charge in [0.25, 0.3) is 0 Å². The van der Waals surface area contributed by atoms with E-state index in [1.54, 1.807) is 4.68 Å². The monoisotopic (exact) mass is 262 g/mol. The van der Waals surface area contributed by atoms with Crippen LogP contribution in [0.4, 0.5) is 23.0 Å². The molecule has 8 nitrogen and oxygen atoms in total. The Kier molecular flexibility index (Phi) is 3.32. The SMILES string of the molecule is CCc1nn(C)cc1Nc1ccc([N+](=O)[O-])c(N)n1. The van der Waals surface area contributed by atoms with Gasteiger partial charge in [-0.3, -0.25) is 14.8 Å². The Morgan fingerprint density at radius 1 is 1.53 bits per heavy atom. The molecule has 0 amide bonds. The first-order valence-corrected chi connectivity index (χ1v) is 5.71. The van der Waals surface area contributed by atoms with Gasteiger partial charge in [0.2, 0.25) is 5.82 Å². The van der Waals surface area contributed by atoms with E-state index in [9.17, 15) is 10.1 Å². The molecule has 3 N–H and O–H groups in total. The van der Waals surface area contributed by atoms with Crippen LogP contribution in [0.1, 0.15) is 12.6 Å². The molecule has 19 heavy (non-hydrogen) atoms. The summed E-state index contributed by atoms with van der Waals surface area (Å²) in [6.07, 6.45) is 2.59. The normalized spacial score (nSPS) is 10.4. The van der Waals surface area contributed by atoms with E-state index in [0.29, 0.717) is 5.82 Å². The van der Waals surface area contributed by atoms with E-state index >= 15 is 0 Å². The standard InChI is InChI=1S/C11H14N6O2/c1-3-7-8(6-16(2)15-7)13-10-5-4-9(17(18)19)11(12)14-10/h4-6H,3H2,1-2H3,(H3,12,13,14). The van der Waals surface area contributed by atoms with Crippen LogP contribution >= 0.6 is 0 Å². The van der Waals surface area contributed by atoms with E-state index in [4.69, 9.17) is 5.73 Å². The summed E-state index contributed by atoms with van der Waals surface area (Å²) in [6, 6.07) is 2.84. The van der Waals surface area contributed by atoms with Crippen molar-refractivity contribution < 1.29 is 4.92 Å². The van der Waals surface area contributed by atoms with Crippen molar-refractivity contribution in [2.75, 3.05) is 11.1 Å². The molecule has 0 saturated heterocycles. The van der Waals surface area contributed by atoms with Crippen molar-refractivity contribution in [1.82, 2.24) is 14.8 Å². The molecule has 100 valence electrons. The van der Waals surface area contributed by atoms with Gasteiger partial charge in [-0.25, -0.2) is 4.98 Å². The van der Waals surface area contributed by atoms with Crippen LogP contribution in [-0.2, 0) is 13.5 Å². The number of pyridine rings is 1. The number of hydrogen-bond donors (Lipinski definition) is 2. The van der Waals surface area contributed by atoms with E-state index in [-0.39, 0.29) is 11.5 Å². The van der Waals surface area contributed by atoms with Crippen LogP contribution < -0.4 is 11.1 Å². The Hall–Kier alpha value is -2.64. The third-order valence-electron chi connectivity index (χ3n) is 2.60. The fraction of sp³-hybridized carbons (Fsp3) is 0.273. The third kappa shape index (κ3) is 2.62. The quantitative estimate of drug-likeness (QED) is 0.639. The predicted molar refractivity (Wildman–Crippen MR) is 71.2 cm³/mol. The lowest BCUT2D eigenvalue weighted by Gasteiger charge is -2.05. The molecule has 2 heterocycles. The van der Waals surface area contributed by atoms with Crippen molar-refractivity contribution in [3.05, 3.63) is 34.1 Å². The molecular weight excluding hydrogens is 248 g/mol. The van der Waals surface area contributed by atoms with Gasteiger partial charge < -0.3 is 11.1 Å². The lowest BCUT2D eigenvalue weighted by Crippen LogP contribution is -2.02. The third-order valence-corrected chi connectivity index (χ3v) is 2.60. The highest BCUT2D eigenvalue weighted by Crippen LogP contribution is 2.24. The van der Waals surface area contributed by atoms with Gasteiger partial charge in [-0.15, -0.1) is 0 Å². The number of rotatable bonds is 4. The van der Waals surface area contributed by atoms with Gasteiger partial charge in [-0.1, -0.05) is 6.92 Å². The van der Waals surface area contributed by atoms with Crippen LogP contribution in [-0.4, -0.2) is 19.7 Å². The number of aromatic nitrogens is 3. The van der Waals surface area contributed by atoms with E-state index < -0.39 is 4.92 Å². The number of nitro groups is 1. The van der Waals surface area contributed by atoms with Crippen LogP contribution in [0.3, 0.4) is 0 Å². The van der Waals surface area contributed by atoms with Crippen molar-refractivity contribution in [3.63, 3.8) is 0 Å². The molecule has 0 aliphatic heterocycles. The van der Waals surface area contributed by atoms with Crippen molar-refractivity contribution in [2.24, 2.45) is 7.05 Å². The summed E-state index contributed by atoms with van der Waals surface area (Å²) in [4.78, 5) is 14.0. The summed E-state index contributed by atoms with van der Waals surface area (Å²) < 4.78 is 1.69. The molecule has 8 heteroatoms. The minimum atomic E-state index is -0.562.